The zero-order valence-corrected chi connectivity index (χ0v) is 22.2. The van der Waals surface area contributed by atoms with Crippen LogP contribution in [0.2, 0.25) is 0 Å². The lowest BCUT2D eigenvalue weighted by molar-refractivity contribution is -0.117. The van der Waals surface area contributed by atoms with Gasteiger partial charge in [0.05, 0.1) is 11.4 Å². The molecule has 2 heterocycles. The standard InChI is InChI=1S/C31H34N4O3/c1-31(2,3)38-30(37)35-18-16-34(17-19-35)24-14-15-25-26(21-24)33-29(36)27(20-22-10-6-4-7-11-22)32-28(25)23-12-8-5-9-13-23/h4-15,21,27H,16-20H2,1-3H3,(H,33,36)/t27-/m1/s1. The Morgan fingerprint density at radius 1 is 0.947 bits per heavy atom. The number of piperazine rings is 1. The Bertz CT molecular complexity index is 1320. The van der Waals surface area contributed by atoms with Gasteiger partial charge in [-0.3, -0.25) is 9.79 Å². The number of benzene rings is 3. The lowest BCUT2D eigenvalue weighted by Gasteiger charge is -2.37. The average molecular weight is 511 g/mol. The van der Waals surface area contributed by atoms with Gasteiger partial charge in [0, 0.05) is 49.4 Å². The third-order valence-electron chi connectivity index (χ3n) is 6.72. The van der Waals surface area contributed by atoms with Gasteiger partial charge >= 0.3 is 6.09 Å². The van der Waals surface area contributed by atoms with Gasteiger partial charge in [-0.25, -0.2) is 4.79 Å². The van der Waals surface area contributed by atoms with Gasteiger partial charge in [0.25, 0.3) is 0 Å². The Morgan fingerprint density at radius 3 is 2.26 bits per heavy atom. The maximum atomic E-state index is 13.4. The number of carbonyl (C=O) groups excluding carboxylic acids is 2. The summed E-state index contributed by atoms with van der Waals surface area (Å²) in [5.41, 5.74) is 4.99. The SMILES string of the molecule is CC(C)(C)OC(=O)N1CCN(c2ccc3c(c2)NC(=O)[C@@H](Cc2ccccc2)N=C3c2ccccc2)CC1. The second kappa shape index (κ2) is 10.7. The van der Waals surface area contributed by atoms with Crippen molar-refractivity contribution in [3.05, 3.63) is 95.6 Å². The maximum absolute atomic E-state index is 13.4. The number of aliphatic imine (C=N–C) groups is 1. The smallest absolute Gasteiger partial charge is 0.410 e. The first-order chi connectivity index (χ1) is 18.3. The molecule has 7 nitrogen and oxygen atoms in total. The van der Waals surface area contributed by atoms with E-state index in [2.05, 4.69) is 16.3 Å². The zero-order valence-electron chi connectivity index (χ0n) is 22.2. The van der Waals surface area contributed by atoms with Crippen LogP contribution in [-0.4, -0.2) is 60.4 Å². The van der Waals surface area contributed by atoms with Gasteiger partial charge in [0.1, 0.15) is 11.6 Å². The van der Waals surface area contributed by atoms with Crippen molar-refractivity contribution in [1.29, 1.82) is 0 Å². The molecule has 0 bridgehead atoms. The second-order valence-electron chi connectivity index (χ2n) is 10.7. The number of anilines is 2. The summed E-state index contributed by atoms with van der Waals surface area (Å²) in [5, 5.41) is 3.16. The molecule has 7 heteroatoms. The van der Waals surface area contributed by atoms with E-state index in [0.29, 0.717) is 32.6 Å². The topological polar surface area (TPSA) is 74.2 Å². The summed E-state index contributed by atoms with van der Waals surface area (Å²) in [7, 11) is 0. The minimum atomic E-state index is -0.541. The number of nitrogens with zero attached hydrogens (tertiary/aromatic N) is 3. The van der Waals surface area contributed by atoms with Crippen molar-refractivity contribution in [3.8, 4) is 0 Å². The normalized spacial score (nSPS) is 17.7. The van der Waals surface area contributed by atoms with Crippen LogP contribution in [0, 0.1) is 0 Å². The highest BCUT2D eigenvalue weighted by Crippen LogP contribution is 2.30. The number of hydrogen-bond acceptors (Lipinski definition) is 5. The van der Waals surface area contributed by atoms with Crippen LogP contribution < -0.4 is 10.2 Å². The van der Waals surface area contributed by atoms with Gasteiger partial charge in [-0.2, -0.15) is 0 Å². The van der Waals surface area contributed by atoms with Crippen molar-refractivity contribution >= 4 is 29.1 Å². The van der Waals surface area contributed by atoms with Crippen LogP contribution in [0.25, 0.3) is 0 Å². The summed E-state index contributed by atoms with van der Waals surface area (Å²) in [5.74, 6) is -0.118. The Hall–Kier alpha value is -4.13. The molecule has 1 saturated heterocycles. The number of carbonyl (C=O) groups is 2. The van der Waals surface area contributed by atoms with E-state index in [4.69, 9.17) is 9.73 Å². The summed E-state index contributed by atoms with van der Waals surface area (Å²) >= 11 is 0. The highest BCUT2D eigenvalue weighted by molar-refractivity contribution is 6.20. The molecule has 1 fully saturated rings. The molecule has 1 atom stereocenters. The summed E-state index contributed by atoms with van der Waals surface area (Å²) in [6, 6.07) is 25.6. The van der Waals surface area contributed by atoms with Crippen molar-refractivity contribution in [2.45, 2.75) is 38.8 Å². The number of fused-ring (bicyclic) bond motifs is 1. The number of benzodiazepines with no additional fused rings is 1. The first-order valence-electron chi connectivity index (χ1n) is 13.1. The van der Waals surface area contributed by atoms with Gasteiger partial charge < -0.3 is 19.9 Å². The Balaban J connectivity index is 1.40. The summed E-state index contributed by atoms with van der Waals surface area (Å²) in [6.45, 7) is 8.15. The van der Waals surface area contributed by atoms with E-state index in [9.17, 15) is 9.59 Å². The van der Waals surface area contributed by atoms with Crippen LogP contribution in [0.3, 0.4) is 0 Å². The van der Waals surface area contributed by atoms with Gasteiger partial charge in [-0.15, -0.1) is 0 Å². The number of amides is 2. The highest BCUT2D eigenvalue weighted by Gasteiger charge is 2.29. The van der Waals surface area contributed by atoms with E-state index < -0.39 is 11.6 Å². The summed E-state index contributed by atoms with van der Waals surface area (Å²) in [6.07, 6.45) is 0.246. The molecule has 196 valence electrons. The van der Waals surface area contributed by atoms with Crippen molar-refractivity contribution in [3.63, 3.8) is 0 Å². The van der Waals surface area contributed by atoms with E-state index in [1.807, 2.05) is 93.6 Å². The minimum Gasteiger partial charge on any atom is -0.444 e. The van der Waals surface area contributed by atoms with Crippen LogP contribution in [0.5, 0.6) is 0 Å². The van der Waals surface area contributed by atoms with E-state index in [1.54, 1.807) is 4.90 Å². The molecule has 0 aromatic heterocycles. The van der Waals surface area contributed by atoms with E-state index in [-0.39, 0.29) is 12.0 Å². The molecule has 5 rings (SSSR count). The van der Waals surface area contributed by atoms with Gasteiger partial charge in [0.15, 0.2) is 0 Å². The lowest BCUT2D eigenvalue weighted by Crippen LogP contribution is -2.50. The number of nitrogens with one attached hydrogen (secondary N) is 1. The third-order valence-corrected chi connectivity index (χ3v) is 6.72. The predicted molar refractivity (Wildman–Crippen MR) is 151 cm³/mol. The quantitative estimate of drug-likeness (QED) is 0.527. The van der Waals surface area contributed by atoms with Crippen molar-refractivity contribution in [1.82, 2.24) is 4.90 Å². The molecule has 38 heavy (non-hydrogen) atoms. The van der Waals surface area contributed by atoms with Crippen LogP contribution >= 0.6 is 0 Å². The molecule has 3 aromatic carbocycles. The highest BCUT2D eigenvalue weighted by atomic mass is 16.6. The largest absolute Gasteiger partial charge is 0.444 e. The van der Waals surface area contributed by atoms with Crippen LogP contribution in [0.15, 0.2) is 83.9 Å². The van der Waals surface area contributed by atoms with Crippen LogP contribution in [-0.2, 0) is 16.0 Å². The fourth-order valence-electron chi connectivity index (χ4n) is 4.81. The van der Waals surface area contributed by atoms with Gasteiger partial charge in [0.2, 0.25) is 5.91 Å². The first-order valence-corrected chi connectivity index (χ1v) is 13.1. The van der Waals surface area contributed by atoms with Gasteiger partial charge in [-0.05, 0) is 44.5 Å². The molecule has 3 aromatic rings. The third kappa shape index (κ3) is 5.88. The molecule has 2 amide bonds. The maximum Gasteiger partial charge on any atom is 0.410 e. The Kier molecular flexibility index (Phi) is 7.18. The van der Waals surface area contributed by atoms with Crippen molar-refractivity contribution < 1.29 is 14.3 Å². The predicted octanol–water partition coefficient (Wildman–Crippen LogP) is 5.14. The number of rotatable bonds is 4. The number of ether oxygens (including phenoxy) is 1. The molecule has 0 radical (unpaired) electrons. The van der Waals surface area contributed by atoms with Crippen LogP contribution in [0.1, 0.15) is 37.5 Å². The molecule has 0 aliphatic carbocycles. The molecular formula is C31H34N4O3. The lowest BCUT2D eigenvalue weighted by atomic mass is 9.99. The average Bonchev–Trinajstić information content (AvgIpc) is 3.04. The molecular weight excluding hydrogens is 476 g/mol. The summed E-state index contributed by atoms with van der Waals surface area (Å²) < 4.78 is 5.53. The van der Waals surface area contributed by atoms with E-state index in [0.717, 1.165) is 33.8 Å². The second-order valence-corrected chi connectivity index (χ2v) is 10.7. The molecule has 2 aliphatic heterocycles. The summed E-state index contributed by atoms with van der Waals surface area (Å²) in [4.78, 5) is 34.9. The Morgan fingerprint density at radius 2 is 1.61 bits per heavy atom. The van der Waals surface area contributed by atoms with E-state index in [1.165, 1.54) is 0 Å². The molecule has 0 spiro atoms. The number of hydrogen-bond donors (Lipinski definition) is 1. The molecule has 0 saturated carbocycles. The van der Waals surface area contributed by atoms with Gasteiger partial charge in [-0.1, -0.05) is 60.7 Å². The molecule has 2 aliphatic rings. The first kappa shape index (κ1) is 25.5. The van der Waals surface area contributed by atoms with Crippen LogP contribution in [0.4, 0.5) is 16.2 Å². The van der Waals surface area contributed by atoms with Crippen molar-refractivity contribution in [2.24, 2.45) is 4.99 Å². The molecule has 1 N–H and O–H groups in total. The minimum absolute atomic E-state index is 0.118. The zero-order chi connectivity index (χ0) is 26.7. The van der Waals surface area contributed by atoms with Crippen molar-refractivity contribution in [2.75, 3.05) is 36.4 Å². The fourth-order valence-corrected chi connectivity index (χ4v) is 4.81. The Labute approximate surface area is 224 Å². The monoisotopic (exact) mass is 510 g/mol. The molecule has 0 unspecified atom stereocenters. The van der Waals surface area contributed by atoms with E-state index >= 15 is 0 Å². The fraction of sp³-hybridized carbons (Fsp3) is 0.323.